The normalized spacial score (nSPS) is 21.5. The predicted octanol–water partition coefficient (Wildman–Crippen LogP) is 7.62. The molecular weight excluding hydrogens is 465 g/mol. The average Bonchev–Trinajstić information content (AvgIpc) is 3.74. The molecule has 3 aromatic rings. The molecule has 2 aliphatic rings. The average molecular weight is 497 g/mol. The Morgan fingerprint density at radius 1 is 0.750 bits per heavy atom. The molecule has 190 valence electrons. The largest absolute Gasteiger partial charge is 0.368 e. The number of halogens is 3. The number of unbranched alkanes of at least 4 members (excludes halogenated alkanes) is 1. The third-order valence-electron chi connectivity index (χ3n) is 7.03. The Morgan fingerprint density at radius 2 is 1.44 bits per heavy atom. The van der Waals surface area contributed by atoms with Crippen LogP contribution in [0.5, 0.6) is 0 Å². The lowest BCUT2D eigenvalue weighted by molar-refractivity contribution is -0.203. The van der Waals surface area contributed by atoms with E-state index in [2.05, 4.69) is 6.92 Å². The Labute approximate surface area is 210 Å². The minimum atomic E-state index is -0.881. The van der Waals surface area contributed by atoms with Crippen molar-refractivity contribution in [3.8, 4) is 22.3 Å². The maximum Gasteiger partial charge on any atom is 0.167 e. The van der Waals surface area contributed by atoms with Gasteiger partial charge >= 0.3 is 0 Å². The summed E-state index contributed by atoms with van der Waals surface area (Å²) in [5.74, 6) is -1.57. The summed E-state index contributed by atoms with van der Waals surface area (Å²) in [6.07, 6.45) is 3.98. The fraction of sp³-hybridized carbons (Fsp3) is 0.400. The van der Waals surface area contributed by atoms with Crippen LogP contribution in [-0.4, -0.2) is 26.1 Å². The fourth-order valence-electron chi connectivity index (χ4n) is 4.72. The highest BCUT2D eigenvalue weighted by molar-refractivity contribution is 5.71. The molecule has 2 aliphatic heterocycles. The predicted molar refractivity (Wildman–Crippen MR) is 133 cm³/mol. The number of rotatable bonds is 9. The third kappa shape index (κ3) is 5.66. The monoisotopic (exact) mass is 496 g/mol. The van der Waals surface area contributed by atoms with Crippen molar-refractivity contribution >= 4 is 0 Å². The lowest BCUT2D eigenvalue weighted by Gasteiger charge is -2.29. The van der Waals surface area contributed by atoms with Crippen LogP contribution >= 0.6 is 0 Å². The lowest BCUT2D eigenvalue weighted by Crippen LogP contribution is -2.32. The first-order chi connectivity index (χ1) is 17.5. The summed E-state index contributed by atoms with van der Waals surface area (Å²) < 4.78 is 60.6. The van der Waals surface area contributed by atoms with Gasteiger partial charge in [-0.1, -0.05) is 68.3 Å². The van der Waals surface area contributed by atoms with Gasteiger partial charge < -0.3 is 14.2 Å². The smallest absolute Gasteiger partial charge is 0.167 e. The summed E-state index contributed by atoms with van der Waals surface area (Å²) in [5, 5.41) is 0. The van der Waals surface area contributed by atoms with Crippen molar-refractivity contribution in [1.29, 1.82) is 0 Å². The molecule has 0 aromatic heterocycles. The van der Waals surface area contributed by atoms with Crippen LogP contribution in [0.1, 0.15) is 49.8 Å². The SMILES string of the molecule is CCCCC1COC(CCc2ccc(-c3ccc(-c4ccc(C5CO5)c(F)c4F)cc3)cc2F)OC1. The molecular formula is C30H31F3O3. The van der Waals surface area contributed by atoms with Crippen LogP contribution in [0.15, 0.2) is 54.6 Å². The highest BCUT2D eigenvalue weighted by atomic mass is 19.2. The highest BCUT2D eigenvalue weighted by Crippen LogP contribution is 2.36. The fourth-order valence-corrected chi connectivity index (χ4v) is 4.72. The molecule has 0 aliphatic carbocycles. The molecule has 2 heterocycles. The Bertz CT molecular complexity index is 1180. The van der Waals surface area contributed by atoms with Crippen molar-refractivity contribution in [3.63, 3.8) is 0 Å². The molecule has 0 N–H and O–H groups in total. The van der Waals surface area contributed by atoms with E-state index in [4.69, 9.17) is 14.2 Å². The van der Waals surface area contributed by atoms with Crippen LogP contribution in [0.2, 0.25) is 0 Å². The zero-order valence-corrected chi connectivity index (χ0v) is 20.4. The number of hydrogen-bond acceptors (Lipinski definition) is 3. The van der Waals surface area contributed by atoms with Gasteiger partial charge in [0, 0.05) is 23.5 Å². The number of benzene rings is 3. The highest BCUT2D eigenvalue weighted by Gasteiger charge is 2.30. The van der Waals surface area contributed by atoms with E-state index in [1.54, 1.807) is 42.5 Å². The second-order valence-corrected chi connectivity index (χ2v) is 9.68. The van der Waals surface area contributed by atoms with Crippen LogP contribution in [0.3, 0.4) is 0 Å². The van der Waals surface area contributed by atoms with Gasteiger partial charge in [0.15, 0.2) is 17.9 Å². The van der Waals surface area contributed by atoms with Gasteiger partial charge in [0.1, 0.15) is 11.9 Å². The van der Waals surface area contributed by atoms with Crippen LogP contribution in [-0.2, 0) is 20.6 Å². The number of aryl methyl sites for hydroxylation is 1. The van der Waals surface area contributed by atoms with Gasteiger partial charge in [-0.2, -0.15) is 0 Å². The molecule has 0 spiro atoms. The molecule has 5 rings (SSSR count). The van der Waals surface area contributed by atoms with Crippen LogP contribution < -0.4 is 0 Å². The summed E-state index contributed by atoms with van der Waals surface area (Å²) in [5.41, 5.74) is 3.13. The van der Waals surface area contributed by atoms with E-state index >= 15 is 0 Å². The maximum absolute atomic E-state index is 14.9. The molecule has 1 unspecified atom stereocenters. The lowest BCUT2D eigenvalue weighted by atomic mass is 9.97. The molecule has 0 radical (unpaired) electrons. The minimum Gasteiger partial charge on any atom is -0.368 e. The molecule has 3 nitrogen and oxygen atoms in total. The zero-order valence-electron chi connectivity index (χ0n) is 20.4. The van der Waals surface area contributed by atoms with Gasteiger partial charge in [-0.05, 0) is 41.2 Å². The van der Waals surface area contributed by atoms with Crippen molar-refractivity contribution < 1.29 is 27.4 Å². The van der Waals surface area contributed by atoms with Gasteiger partial charge in [-0.25, -0.2) is 13.2 Å². The Hall–Kier alpha value is -2.67. The number of hydrogen-bond donors (Lipinski definition) is 0. The van der Waals surface area contributed by atoms with E-state index in [0.29, 0.717) is 49.7 Å². The van der Waals surface area contributed by atoms with Crippen LogP contribution in [0.25, 0.3) is 22.3 Å². The van der Waals surface area contributed by atoms with Gasteiger partial charge in [0.2, 0.25) is 0 Å². The van der Waals surface area contributed by atoms with E-state index in [1.807, 2.05) is 6.07 Å². The summed E-state index contributed by atoms with van der Waals surface area (Å²) in [4.78, 5) is 0. The number of ether oxygens (including phenoxy) is 3. The Kier molecular flexibility index (Phi) is 7.75. The molecule has 0 bridgehead atoms. The minimum absolute atomic E-state index is 0.189. The molecule has 0 saturated carbocycles. The van der Waals surface area contributed by atoms with E-state index < -0.39 is 11.6 Å². The van der Waals surface area contributed by atoms with Crippen molar-refractivity contribution in [1.82, 2.24) is 0 Å². The van der Waals surface area contributed by atoms with E-state index in [0.717, 1.165) is 17.5 Å². The van der Waals surface area contributed by atoms with Crippen molar-refractivity contribution in [2.75, 3.05) is 19.8 Å². The topological polar surface area (TPSA) is 31.0 Å². The molecule has 2 saturated heterocycles. The molecule has 3 aromatic carbocycles. The van der Waals surface area contributed by atoms with Crippen molar-refractivity contribution in [2.45, 2.75) is 51.4 Å². The maximum atomic E-state index is 14.9. The van der Waals surface area contributed by atoms with Crippen LogP contribution in [0.4, 0.5) is 13.2 Å². The van der Waals surface area contributed by atoms with E-state index in [1.165, 1.54) is 18.9 Å². The first kappa shape index (κ1) is 25.0. The molecule has 2 fully saturated rings. The second kappa shape index (κ2) is 11.2. The van der Waals surface area contributed by atoms with Crippen molar-refractivity contribution in [2.24, 2.45) is 5.92 Å². The first-order valence-electron chi connectivity index (χ1n) is 12.8. The van der Waals surface area contributed by atoms with Crippen LogP contribution in [0, 0.1) is 23.4 Å². The van der Waals surface area contributed by atoms with Crippen molar-refractivity contribution in [3.05, 3.63) is 83.2 Å². The van der Waals surface area contributed by atoms with E-state index in [9.17, 15) is 13.2 Å². The van der Waals surface area contributed by atoms with Gasteiger partial charge in [0.05, 0.1) is 19.8 Å². The second-order valence-electron chi connectivity index (χ2n) is 9.68. The standard InChI is InChI=1S/C30H31F3O3/c1-2-3-4-19-16-35-28(36-17-19)14-11-22-9-10-23(15-26(22)31)20-5-7-21(8-6-20)24-12-13-25(27-18-34-27)30(33)29(24)32/h5-10,12-13,15,19,27-28H,2-4,11,14,16-18H2,1H3. The molecule has 6 heteroatoms. The summed E-state index contributed by atoms with van der Waals surface area (Å²) >= 11 is 0. The summed E-state index contributed by atoms with van der Waals surface area (Å²) in [7, 11) is 0. The summed E-state index contributed by atoms with van der Waals surface area (Å²) in [6, 6.07) is 15.3. The Balaban J connectivity index is 1.20. The number of epoxide rings is 1. The van der Waals surface area contributed by atoms with Gasteiger partial charge in [-0.15, -0.1) is 0 Å². The molecule has 1 atom stereocenters. The quantitative estimate of drug-likeness (QED) is 0.286. The summed E-state index contributed by atoms with van der Waals surface area (Å²) in [6.45, 7) is 4.01. The zero-order chi connectivity index (χ0) is 25.1. The van der Waals surface area contributed by atoms with E-state index in [-0.39, 0.29) is 29.3 Å². The Morgan fingerprint density at radius 3 is 2.11 bits per heavy atom. The first-order valence-corrected chi connectivity index (χ1v) is 12.8. The molecule has 36 heavy (non-hydrogen) atoms. The van der Waals surface area contributed by atoms with Gasteiger partial charge in [0.25, 0.3) is 0 Å². The van der Waals surface area contributed by atoms with Gasteiger partial charge in [-0.3, -0.25) is 0 Å². The molecule has 0 amide bonds. The third-order valence-corrected chi connectivity index (χ3v) is 7.03.